The number of nitrogens with zero attached hydrogens (tertiary/aromatic N) is 1. The van der Waals surface area contributed by atoms with Crippen molar-refractivity contribution in [2.45, 2.75) is 24.8 Å². The number of benzene rings is 3. The van der Waals surface area contributed by atoms with E-state index in [9.17, 15) is 8.42 Å². The molecule has 3 aromatic carbocycles. The molecule has 0 fully saturated rings. The minimum atomic E-state index is -3.77. The van der Waals surface area contributed by atoms with Crippen molar-refractivity contribution in [3.05, 3.63) is 90.0 Å². The van der Waals surface area contributed by atoms with Crippen molar-refractivity contribution >= 4 is 15.7 Å². The molecule has 140 valence electrons. The zero-order valence-electron chi connectivity index (χ0n) is 15.7. The number of ether oxygens (including phenoxy) is 1. The van der Waals surface area contributed by atoms with Gasteiger partial charge in [-0.05, 0) is 61.4 Å². The second kappa shape index (κ2) is 7.84. The molecule has 0 amide bonds. The monoisotopic (exact) mass is 381 g/mol. The Morgan fingerprint density at radius 3 is 2.04 bits per heavy atom. The number of anilines is 1. The van der Waals surface area contributed by atoms with E-state index >= 15 is 0 Å². The largest absolute Gasteiger partial charge is 0.497 e. The Bertz CT molecular complexity index is 999. The van der Waals surface area contributed by atoms with E-state index in [-0.39, 0.29) is 10.9 Å². The molecular weight excluding hydrogens is 358 g/mol. The average molecular weight is 381 g/mol. The molecule has 0 aromatic heterocycles. The van der Waals surface area contributed by atoms with Crippen LogP contribution in [0.3, 0.4) is 0 Å². The van der Waals surface area contributed by atoms with Crippen LogP contribution in [0.15, 0.2) is 83.8 Å². The van der Waals surface area contributed by atoms with Gasteiger partial charge in [-0.2, -0.15) is 0 Å². The van der Waals surface area contributed by atoms with Gasteiger partial charge in [-0.3, -0.25) is 4.31 Å². The highest BCUT2D eigenvalue weighted by Gasteiger charge is 2.30. The Hall–Kier alpha value is -2.79. The molecule has 0 bridgehead atoms. The number of para-hydroxylation sites is 1. The summed E-state index contributed by atoms with van der Waals surface area (Å²) >= 11 is 0. The molecule has 4 nitrogen and oxygen atoms in total. The lowest BCUT2D eigenvalue weighted by Crippen LogP contribution is -2.34. The number of rotatable bonds is 6. The molecule has 0 saturated heterocycles. The van der Waals surface area contributed by atoms with Crippen molar-refractivity contribution in [3.8, 4) is 5.75 Å². The van der Waals surface area contributed by atoms with Gasteiger partial charge in [0, 0.05) is 0 Å². The van der Waals surface area contributed by atoms with Crippen LogP contribution in [0.25, 0.3) is 0 Å². The lowest BCUT2D eigenvalue weighted by atomic mass is 10.0. The molecule has 0 spiro atoms. The van der Waals surface area contributed by atoms with Crippen LogP contribution in [0.1, 0.15) is 24.1 Å². The van der Waals surface area contributed by atoms with Gasteiger partial charge in [0.2, 0.25) is 0 Å². The van der Waals surface area contributed by atoms with Crippen molar-refractivity contribution in [3.63, 3.8) is 0 Å². The van der Waals surface area contributed by atoms with E-state index in [1.807, 2.05) is 68.4 Å². The van der Waals surface area contributed by atoms with Crippen LogP contribution in [0, 0.1) is 6.92 Å². The highest BCUT2D eigenvalue weighted by atomic mass is 32.2. The summed E-state index contributed by atoms with van der Waals surface area (Å²) in [5, 5.41) is 0. The second-order valence-electron chi connectivity index (χ2n) is 6.34. The van der Waals surface area contributed by atoms with Crippen LogP contribution >= 0.6 is 0 Å². The van der Waals surface area contributed by atoms with E-state index in [0.29, 0.717) is 11.4 Å². The van der Waals surface area contributed by atoms with Gasteiger partial charge in [-0.1, -0.05) is 42.5 Å². The van der Waals surface area contributed by atoms with Crippen LogP contribution in [0.2, 0.25) is 0 Å². The zero-order chi connectivity index (χ0) is 19.4. The van der Waals surface area contributed by atoms with E-state index in [2.05, 4.69) is 0 Å². The first-order chi connectivity index (χ1) is 12.9. The fraction of sp³-hybridized carbons (Fsp3) is 0.182. The summed E-state index contributed by atoms with van der Waals surface area (Å²) in [7, 11) is -2.21. The molecule has 0 aliphatic rings. The third-order valence-electron chi connectivity index (χ3n) is 4.62. The van der Waals surface area contributed by atoms with Crippen molar-refractivity contribution in [2.75, 3.05) is 11.4 Å². The van der Waals surface area contributed by atoms with E-state index in [1.165, 1.54) is 4.31 Å². The summed E-state index contributed by atoms with van der Waals surface area (Å²) < 4.78 is 33.7. The molecule has 0 heterocycles. The maximum absolute atomic E-state index is 13.5. The molecule has 0 saturated carbocycles. The molecule has 0 aliphatic carbocycles. The zero-order valence-corrected chi connectivity index (χ0v) is 16.5. The van der Waals surface area contributed by atoms with Gasteiger partial charge >= 0.3 is 0 Å². The molecule has 3 aromatic rings. The first-order valence-electron chi connectivity index (χ1n) is 8.74. The van der Waals surface area contributed by atoms with Crippen molar-refractivity contribution in [1.82, 2.24) is 0 Å². The number of sulfonamides is 1. The first kappa shape index (κ1) is 19.0. The number of hydrogen-bond acceptors (Lipinski definition) is 3. The number of aryl methyl sites for hydroxylation is 1. The van der Waals surface area contributed by atoms with Gasteiger partial charge in [-0.25, -0.2) is 8.42 Å². The first-order valence-corrected chi connectivity index (χ1v) is 10.2. The smallest absolute Gasteiger partial charge is 0.264 e. The summed E-state index contributed by atoms with van der Waals surface area (Å²) in [4.78, 5) is 0.229. The topological polar surface area (TPSA) is 46.6 Å². The second-order valence-corrected chi connectivity index (χ2v) is 8.16. The summed E-state index contributed by atoms with van der Waals surface area (Å²) in [6.07, 6.45) is 0. The van der Waals surface area contributed by atoms with Gasteiger partial charge in [-0.15, -0.1) is 0 Å². The Labute approximate surface area is 161 Å². The Balaban J connectivity index is 2.13. The van der Waals surface area contributed by atoms with Gasteiger partial charge < -0.3 is 4.74 Å². The predicted molar refractivity (Wildman–Crippen MR) is 109 cm³/mol. The minimum absolute atomic E-state index is 0.229. The third kappa shape index (κ3) is 3.83. The maximum Gasteiger partial charge on any atom is 0.264 e. The lowest BCUT2D eigenvalue weighted by Gasteiger charge is -2.31. The SMILES string of the molecule is COc1ccc(S(=O)(=O)N(c2ccccc2)[C@@H](C)c2ccccc2C)cc1. The van der Waals surface area contributed by atoms with Crippen LogP contribution < -0.4 is 9.04 Å². The van der Waals surface area contributed by atoms with Crippen LogP contribution in [0.5, 0.6) is 5.75 Å². The number of methoxy groups -OCH3 is 1. The van der Waals surface area contributed by atoms with Gasteiger partial charge in [0.25, 0.3) is 10.0 Å². The molecule has 0 unspecified atom stereocenters. The molecule has 0 radical (unpaired) electrons. The molecule has 27 heavy (non-hydrogen) atoms. The molecular formula is C22H23NO3S. The fourth-order valence-corrected chi connectivity index (χ4v) is 4.82. The molecule has 0 aliphatic heterocycles. The van der Waals surface area contributed by atoms with Gasteiger partial charge in [0.05, 0.1) is 23.7 Å². The van der Waals surface area contributed by atoms with E-state index in [0.717, 1.165) is 11.1 Å². The normalized spacial score (nSPS) is 12.4. The van der Waals surface area contributed by atoms with Gasteiger partial charge in [0.1, 0.15) is 5.75 Å². The van der Waals surface area contributed by atoms with Crippen LogP contribution in [-0.2, 0) is 10.0 Å². The summed E-state index contributed by atoms with van der Waals surface area (Å²) in [5.41, 5.74) is 2.65. The molecule has 1 atom stereocenters. The van der Waals surface area contributed by atoms with Crippen molar-refractivity contribution < 1.29 is 13.2 Å². The van der Waals surface area contributed by atoms with Crippen molar-refractivity contribution in [2.24, 2.45) is 0 Å². The Morgan fingerprint density at radius 1 is 0.852 bits per heavy atom. The highest BCUT2D eigenvalue weighted by Crippen LogP contribution is 2.34. The van der Waals surface area contributed by atoms with Crippen molar-refractivity contribution in [1.29, 1.82) is 0 Å². The standard InChI is InChI=1S/C22H23NO3S/c1-17-9-7-8-12-22(17)18(2)23(19-10-5-4-6-11-19)27(24,25)21-15-13-20(26-3)14-16-21/h4-16,18H,1-3H3/t18-/m0/s1. The molecule has 3 rings (SSSR count). The maximum atomic E-state index is 13.5. The third-order valence-corrected chi connectivity index (χ3v) is 6.53. The molecule has 5 heteroatoms. The Kier molecular flexibility index (Phi) is 5.51. The lowest BCUT2D eigenvalue weighted by molar-refractivity contribution is 0.414. The van der Waals surface area contributed by atoms with E-state index < -0.39 is 10.0 Å². The average Bonchev–Trinajstić information content (AvgIpc) is 2.69. The van der Waals surface area contributed by atoms with Crippen LogP contribution in [-0.4, -0.2) is 15.5 Å². The molecule has 0 N–H and O–H groups in total. The summed E-state index contributed by atoms with van der Waals surface area (Å²) in [6.45, 7) is 3.91. The summed E-state index contributed by atoms with van der Waals surface area (Å²) in [6, 6.07) is 23.2. The number of hydrogen-bond donors (Lipinski definition) is 0. The predicted octanol–water partition coefficient (Wildman–Crippen LogP) is 4.96. The summed E-state index contributed by atoms with van der Waals surface area (Å²) in [5.74, 6) is 0.618. The van der Waals surface area contributed by atoms with Gasteiger partial charge in [0.15, 0.2) is 0 Å². The van der Waals surface area contributed by atoms with E-state index in [1.54, 1.807) is 31.4 Å². The Morgan fingerprint density at radius 2 is 1.44 bits per heavy atom. The highest BCUT2D eigenvalue weighted by molar-refractivity contribution is 7.92. The van der Waals surface area contributed by atoms with Crippen LogP contribution in [0.4, 0.5) is 5.69 Å². The van der Waals surface area contributed by atoms with E-state index in [4.69, 9.17) is 4.74 Å². The fourth-order valence-electron chi connectivity index (χ4n) is 3.19. The quantitative estimate of drug-likeness (QED) is 0.606. The minimum Gasteiger partial charge on any atom is -0.497 e.